The van der Waals surface area contributed by atoms with E-state index in [9.17, 15) is 4.79 Å². The van der Waals surface area contributed by atoms with Gasteiger partial charge in [0.05, 0.1) is 19.2 Å². The monoisotopic (exact) mass is 285 g/mol. The maximum absolute atomic E-state index is 12.5. The number of rotatable bonds is 2. The molecule has 0 saturated heterocycles. The van der Waals surface area contributed by atoms with Crippen LogP contribution in [-0.4, -0.2) is 41.0 Å². The van der Waals surface area contributed by atoms with Crippen LogP contribution in [0, 0.1) is 0 Å². The van der Waals surface area contributed by atoms with E-state index in [-0.39, 0.29) is 11.9 Å². The molecule has 6 nitrogen and oxygen atoms in total. The molecule has 1 aliphatic heterocycles. The number of amides is 1. The summed E-state index contributed by atoms with van der Waals surface area (Å²) in [6, 6.07) is 7.99. The minimum atomic E-state index is -0.113. The Kier molecular flexibility index (Phi) is 3.68. The summed E-state index contributed by atoms with van der Waals surface area (Å²) in [5.41, 5.74) is 1.44. The molecule has 0 spiro atoms. The van der Waals surface area contributed by atoms with Gasteiger partial charge in [-0.3, -0.25) is 4.79 Å². The van der Waals surface area contributed by atoms with Crippen molar-refractivity contribution in [3.8, 4) is 11.8 Å². The van der Waals surface area contributed by atoms with Crippen LogP contribution in [0.15, 0.2) is 36.7 Å². The van der Waals surface area contributed by atoms with Crippen molar-refractivity contribution in [1.82, 2.24) is 14.9 Å². The second kappa shape index (κ2) is 5.78. The van der Waals surface area contributed by atoms with E-state index in [1.165, 1.54) is 19.5 Å². The highest BCUT2D eigenvalue weighted by atomic mass is 16.5. The number of carbonyl (C=O) groups is 1. The lowest BCUT2D eigenvalue weighted by molar-refractivity contribution is 0.0732. The second-order valence-corrected chi connectivity index (χ2v) is 4.64. The highest BCUT2D eigenvalue weighted by Crippen LogP contribution is 2.23. The number of nitrogens with zero attached hydrogens (tertiary/aromatic N) is 3. The van der Waals surface area contributed by atoms with Crippen LogP contribution in [0.3, 0.4) is 0 Å². The number of hydrogen-bond acceptors (Lipinski definition) is 5. The number of ether oxygens (including phenoxy) is 2. The molecule has 0 aliphatic carbocycles. The molecule has 1 aliphatic rings. The number of carbonyl (C=O) groups excluding carboxylic acids is 1. The predicted octanol–water partition coefficient (Wildman–Crippen LogP) is 1.52. The molecule has 1 aromatic carbocycles. The summed E-state index contributed by atoms with van der Waals surface area (Å²) in [6.45, 7) is 1.51. The molecule has 0 N–H and O–H groups in total. The molecule has 0 radical (unpaired) electrons. The Morgan fingerprint density at radius 2 is 2.05 bits per heavy atom. The molecular weight excluding hydrogens is 270 g/mol. The maximum atomic E-state index is 12.5. The highest BCUT2D eigenvalue weighted by Gasteiger charge is 2.21. The first-order valence-electron chi connectivity index (χ1n) is 6.64. The van der Waals surface area contributed by atoms with E-state index >= 15 is 0 Å². The van der Waals surface area contributed by atoms with Gasteiger partial charge in [-0.25, -0.2) is 9.97 Å². The van der Waals surface area contributed by atoms with Crippen molar-refractivity contribution in [2.75, 3.05) is 20.3 Å². The molecule has 1 aromatic heterocycles. The van der Waals surface area contributed by atoms with Gasteiger partial charge in [0.25, 0.3) is 5.91 Å². The molecule has 108 valence electrons. The predicted molar refractivity (Wildman–Crippen MR) is 75.3 cm³/mol. The third-order valence-corrected chi connectivity index (χ3v) is 3.30. The number of aromatic nitrogens is 2. The van der Waals surface area contributed by atoms with Crippen LogP contribution in [-0.2, 0) is 6.54 Å². The first kappa shape index (κ1) is 13.4. The van der Waals surface area contributed by atoms with Gasteiger partial charge in [-0.05, 0) is 6.07 Å². The van der Waals surface area contributed by atoms with E-state index in [0.717, 1.165) is 11.3 Å². The normalized spacial score (nSPS) is 13.9. The van der Waals surface area contributed by atoms with E-state index < -0.39 is 0 Å². The summed E-state index contributed by atoms with van der Waals surface area (Å²) in [5.74, 6) is 0.719. The molecule has 0 bridgehead atoms. The van der Waals surface area contributed by atoms with Gasteiger partial charge in [0, 0.05) is 24.5 Å². The number of hydrogen-bond donors (Lipinski definition) is 0. The number of fused-ring (bicyclic) bond motifs is 1. The van der Waals surface area contributed by atoms with Gasteiger partial charge >= 0.3 is 6.01 Å². The Morgan fingerprint density at radius 1 is 1.29 bits per heavy atom. The Balaban J connectivity index is 1.81. The third kappa shape index (κ3) is 2.79. The van der Waals surface area contributed by atoms with Crippen molar-refractivity contribution in [2.24, 2.45) is 0 Å². The minimum Gasteiger partial charge on any atom is -0.491 e. The van der Waals surface area contributed by atoms with E-state index in [4.69, 9.17) is 9.47 Å². The molecule has 0 saturated carbocycles. The zero-order valence-corrected chi connectivity index (χ0v) is 11.7. The largest absolute Gasteiger partial charge is 0.491 e. The number of benzene rings is 1. The molecule has 21 heavy (non-hydrogen) atoms. The summed E-state index contributed by atoms with van der Waals surface area (Å²) in [6.07, 6.45) is 2.96. The van der Waals surface area contributed by atoms with E-state index in [2.05, 4.69) is 9.97 Å². The van der Waals surface area contributed by atoms with Crippen LogP contribution in [0.5, 0.6) is 11.8 Å². The maximum Gasteiger partial charge on any atom is 0.316 e. The topological polar surface area (TPSA) is 64.5 Å². The van der Waals surface area contributed by atoms with Crippen molar-refractivity contribution < 1.29 is 14.3 Å². The van der Waals surface area contributed by atoms with Crippen molar-refractivity contribution in [2.45, 2.75) is 6.54 Å². The van der Waals surface area contributed by atoms with Crippen molar-refractivity contribution in [1.29, 1.82) is 0 Å². The first-order valence-corrected chi connectivity index (χ1v) is 6.64. The third-order valence-electron chi connectivity index (χ3n) is 3.30. The van der Waals surface area contributed by atoms with Crippen LogP contribution in [0.25, 0.3) is 0 Å². The quantitative estimate of drug-likeness (QED) is 0.837. The molecule has 6 heteroatoms. The van der Waals surface area contributed by atoms with Crippen molar-refractivity contribution in [3.05, 3.63) is 47.8 Å². The minimum absolute atomic E-state index is 0.113. The average molecular weight is 285 g/mol. The van der Waals surface area contributed by atoms with E-state index in [0.29, 0.717) is 25.3 Å². The van der Waals surface area contributed by atoms with Gasteiger partial charge in [-0.2, -0.15) is 0 Å². The number of para-hydroxylation sites is 1. The molecule has 2 heterocycles. The Morgan fingerprint density at radius 3 is 2.81 bits per heavy atom. The number of methoxy groups -OCH3 is 1. The summed E-state index contributed by atoms with van der Waals surface area (Å²) in [4.78, 5) is 22.2. The highest BCUT2D eigenvalue weighted by molar-refractivity contribution is 5.93. The molecular formula is C15H15N3O3. The summed E-state index contributed by atoms with van der Waals surface area (Å²) in [5, 5.41) is 0. The zero-order valence-electron chi connectivity index (χ0n) is 11.7. The lowest BCUT2D eigenvalue weighted by Gasteiger charge is -2.19. The fourth-order valence-corrected chi connectivity index (χ4v) is 2.21. The van der Waals surface area contributed by atoms with Crippen molar-refractivity contribution >= 4 is 5.91 Å². The van der Waals surface area contributed by atoms with Crippen LogP contribution in [0.1, 0.15) is 15.9 Å². The lowest BCUT2D eigenvalue weighted by atomic mass is 10.2. The molecule has 0 fully saturated rings. The summed E-state index contributed by atoms with van der Waals surface area (Å²) < 4.78 is 10.5. The smallest absolute Gasteiger partial charge is 0.316 e. The second-order valence-electron chi connectivity index (χ2n) is 4.64. The van der Waals surface area contributed by atoms with Gasteiger partial charge in [0.2, 0.25) is 0 Å². The Hall–Kier alpha value is -2.63. The van der Waals surface area contributed by atoms with Gasteiger partial charge in [0.1, 0.15) is 12.4 Å². The molecule has 2 aromatic rings. The average Bonchev–Trinajstić information content (AvgIpc) is 2.76. The van der Waals surface area contributed by atoms with Gasteiger partial charge in [0.15, 0.2) is 0 Å². The van der Waals surface area contributed by atoms with Gasteiger partial charge < -0.3 is 14.4 Å². The Bertz CT molecular complexity index is 643. The van der Waals surface area contributed by atoms with Crippen LogP contribution >= 0.6 is 0 Å². The summed E-state index contributed by atoms with van der Waals surface area (Å²) >= 11 is 0. The molecule has 0 atom stereocenters. The van der Waals surface area contributed by atoms with Gasteiger partial charge in [-0.1, -0.05) is 18.2 Å². The standard InChI is InChI=1S/C15H15N3O3/c1-20-15-16-8-12(9-17-15)14(19)18-6-7-21-13-5-3-2-4-11(13)10-18/h2-5,8-9H,6-7,10H2,1H3. The zero-order chi connectivity index (χ0) is 14.7. The fraction of sp³-hybridized carbons (Fsp3) is 0.267. The molecule has 0 unspecified atom stereocenters. The van der Waals surface area contributed by atoms with E-state index in [1.807, 2.05) is 24.3 Å². The summed E-state index contributed by atoms with van der Waals surface area (Å²) in [7, 11) is 1.49. The van der Waals surface area contributed by atoms with Crippen LogP contribution in [0.4, 0.5) is 0 Å². The molecule has 3 rings (SSSR count). The SMILES string of the molecule is COc1ncc(C(=O)N2CCOc3ccccc3C2)cn1. The van der Waals surface area contributed by atoms with Crippen LogP contribution in [0.2, 0.25) is 0 Å². The fourth-order valence-electron chi connectivity index (χ4n) is 2.21. The Labute approximate surface area is 122 Å². The van der Waals surface area contributed by atoms with Crippen LogP contribution < -0.4 is 9.47 Å². The van der Waals surface area contributed by atoms with E-state index in [1.54, 1.807) is 4.90 Å². The first-order chi connectivity index (χ1) is 10.3. The molecule has 1 amide bonds. The van der Waals surface area contributed by atoms with Gasteiger partial charge in [-0.15, -0.1) is 0 Å². The lowest BCUT2D eigenvalue weighted by Crippen LogP contribution is -2.32. The van der Waals surface area contributed by atoms with Crippen molar-refractivity contribution in [3.63, 3.8) is 0 Å².